The molecule has 0 aromatic rings. The molecule has 0 aromatic carbocycles. The van der Waals surface area contributed by atoms with Crippen molar-refractivity contribution in [2.24, 2.45) is 5.92 Å². The van der Waals surface area contributed by atoms with E-state index in [0.717, 1.165) is 0 Å². The van der Waals surface area contributed by atoms with Gasteiger partial charge in [-0.15, -0.1) is 0 Å². The number of hydrogen-bond donors (Lipinski definition) is 0. The van der Waals surface area contributed by atoms with E-state index < -0.39 is 5.60 Å². The van der Waals surface area contributed by atoms with Gasteiger partial charge in [0.05, 0.1) is 0 Å². The lowest BCUT2D eigenvalue weighted by atomic mass is 10.1. The zero-order valence-corrected chi connectivity index (χ0v) is 10.9. The molecule has 0 aromatic heterocycles. The van der Waals surface area contributed by atoms with Crippen molar-refractivity contribution in [1.82, 2.24) is 0 Å². The van der Waals surface area contributed by atoms with Crippen molar-refractivity contribution in [3.05, 3.63) is 0 Å². The van der Waals surface area contributed by atoms with Crippen LogP contribution in [0.15, 0.2) is 0 Å². The number of thioether (sulfide) groups is 1. The molecule has 0 fully saturated rings. The van der Waals surface area contributed by atoms with Crippen LogP contribution in [-0.4, -0.2) is 22.4 Å². The SMILES string of the molecule is CC(=O)SC[C@@H](C)CC(=O)OC(C)(C)C. The molecule has 0 unspecified atom stereocenters. The van der Waals surface area contributed by atoms with E-state index in [2.05, 4.69) is 0 Å². The molecule has 0 radical (unpaired) electrons. The summed E-state index contributed by atoms with van der Waals surface area (Å²) in [7, 11) is 0. The quantitative estimate of drug-likeness (QED) is 0.699. The molecule has 0 saturated heterocycles. The lowest BCUT2D eigenvalue weighted by Crippen LogP contribution is -2.25. The van der Waals surface area contributed by atoms with E-state index in [1.807, 2.05) is 27.7 Å². The monoisotopic (exact) mass is 232 g/mol. The number of hydrogen-bond acceptors (Lipinski definition) is 4. The van der Waals surface area contributed by atoms with Crippen molar-refractivity contribution >= 4 is 22.8 Å². The van der Waals surface area contributed by atoms with Crippen LogP contribution in [-0.2, 0) is 14.3 Å². The van der Waals surface area contributed by atoms with Crippen LogP contribution in [0.2, 0.25) is 0 Å². The molecule has 0 aliphatic carbocycles. The fourth-order valence-electron chi connectivity index (χ4n) is 0.986. The normalized spacial score (nSPS) is 13.4. The van der Waals surface area contributed by atoms with Crippen molar-refractivity contribution in [2.45, 2.75) is 46.6 Å². The predicted molar refractivity (Wildman–Crippen MR) is 62.8 cm³/mol. The van der Waals surface area contributed by atoms with Gasteiger partial charge in [0, 0.05) is 19.1 Å². The Morgan fingerprint density at radius 3 is 2.27 bits per heavy atom. The Balaban J connectivity index is 3.81. The van der Waals surface area contributed by atoms with Crippen molar-refractivity contribution in [2.75, 3.05) is 5.75 Å². The van der Waals surface area contributed by atoms with Gasteiger partial charge in [-0.3, -0.25) is 9.59 Å². The van der Waals surface area contributed by atoms with Gasteiger partial charge >= 0.3 is 5.97 Å². The highest BCUT2D eigenvalue weighted by Crippen LogP contribution is 2.15. The smallest absolute Gasteiger partial charge is 0.306 e. The molecular formula is C11H20O3S. The van der Waals surface area contributed by atoms with Gasteiger partial charge in [-0.2, -0.15) is 0 Å². The maximum atomic E-state index is 11.4. The Labute approximate surface area is 95.9 Å². The van der Waals surface area contributed by atoms with Crippen molar-refractivity contribution in [3.63, 3.8) is 0 Å². The van der Waals surface area contributed by atoms with E-state index in [1.165, 1.54) is 18.7 Å². The minimum Gasteiger partial charge on any atom is -0.460 e. The van der Waals surface area contributed by atoms with Crippen LogP contribution in [0.25, 0.3) is 0 Å². The molecule has 0 saturated carbocycles. The first-order chi connectivity index (χ1) is 6.70. The summed E-state index contributed by atoms with van der Waals surface area (Å²) < 4.78 is 5.18. The topological polar surface area (TPSA) is 43.4 Å². The standard InChI is InChI=1S/C11H20O3S/c1-8(7-15-9(2)12)6-10(13)14-11(3,4)5/h8H,6-7H2,1-5H3/t8-/m0/s1. The van der Waals surface area contributed by atoms with Crippen LogP contribution < -0.4 is 0 Å². The third-order valence-electron chi connectivity index (χ3n) is 1.51. The van der Waals surface area contributed by atoms with Crippen LogP contribution in [0.4, 0.5) is 0 Å². The summed E-state index contributed by atoms with van der Waals surface area (Å²) in [5.41, 5.74) is -0.426. The fourth-order valence-corrected chi connectivity index (χ4v) is 1.62. The van der Waals surface area contributed by atoms with Gasteiger partial charge in [0.15, 0.2) is 5.12 Å². The summed E-state index contributed by atoms with van der Waals surface area (Å²) in [6.07, 6.45) is 0.373. The first kappa shape index (κ1) is 14.5. The minimum atomic E-state index is -0.426. The van der Waals surface area contributed by atoms with Gasteiger partial charge < -0.3 is 4.74 Å². The van der Waals surface area contributed by atoms with Gasteiger partial charge in [-0.1, -0.05) is 18.7 Å². The molecule has 3 nitrogen and oxygen atoms in total. The first-order valence-corrected chi connectivity index (χ1v) is 6.04. The second-order valence-electron chi connectivity index (χ2n) is 4.70. The summed E-state index contributed by atoms with van der Waals surface area (Å²) in [6.45, 7) is 9.02. The molecule has 4 heteroatoms. The van der Waals surface area contributed by atoms with Gasteiger partial charge in [-0.05, 0) is 26.7 Å². The summed E-state index contributed by atoms with van der Waals surface area (Å²) in [4.78, 5) is 22.1. The van der Waals surface area contributed by atoms with E-state index in [9.17, 15) is 9.59 Å². The number of carbonyl (C=O) groups is 2. The van der Waals surface area contributed by atoms with Crippen LogP contribution in [0, 0.1) is 5.92 Å². The predicted octanol–water partition coefficient (Wildman–Crippen LogP) is 2.63. The summed E-state index contributed by atoms with van der Waals surface area (Å²) in [6, 6.07) is 0. The van der Waals surface area contributed by atoms with Crippen LogP contribution in [0.5, 0.6) is 0 Å². The summed E-state index contributed by atoms with van der Waals surface area (Å²) in [5.74, 6) is 0.655. The molecule has 0 heterocycles. The largest absolute Gasteiger partial charge is 0.460 e. The lowest BCUT2D eigenvalue weighted by Gasteiger charge is -2.20. The Bertz CT molecular complexity index is 230. The molecule has 0 aliphatic heterocycles. The third kappa shape index (κ3) is 9.79. The highest BCUT2D eigenvalue weighted by molar-refractivity contribution is 8.13. The summed E-state index contributed by atoms with van der Waals surface area (Å²) >= 11 is 1.25. The fraction of sp³-hybridized carbons (Fsp3) is 0.818. The maximum absolute atomic E-state index is 11.4. The van der Waals surface area contributed by atoms with Crippen molar-refractivity contribution in [1.29, 1.82) is 0 Å². The number of ether oxygens (including phenoxy) is 1. The van der Waals surface area contributed by atoms with Gasteiger partial charge in [0.25, 0.3) is 0 Å². The molecule has 15 heavy (non-hydrogen) atoms. The van der Waals surface area contributed by atoms with Crippen LogP contribution in [0.1, 0.15) is 41.0 Å². The third-order valence-corrected chi connectivity index (χ3v) is 2.65. The number of esters is 1. The van der Waals surface area contributed by atoms with Crippen molar-refractivity contribution < 1.29 is 14.3 Å². The highest BCUT2D eigenvalue weighted by atomic mass is 32.2. The average Bonchev–Trinajstić information content (AvgIpc) is 1.96. The second kappa shape index (κ2) is 6.16. The van der Waals surface area contributed by atoms with Crippen LogP contribution in [0.3, 0.4) is 0 Å². The Morgan fingerprint density at radius 2 is 1.87 bits per heavy atom. The second-order valence-corrected chi connectivity index (χ2v) is 5.90. The molecule has 0 spiro atoms. The number of rotatable bonds is 4. The first-order valence-electron chi connectivity index (χ1n) is 5.06. The molecule has 88 valence electrons. The van der Waals surface area contributed by atoms with Crippen LogP contribution >= 0.6 is 11.8 Å². The summed E-state index contributed by atoms with van der Waals surface area (Å²) in [5, 5.41) is 0.0889. The maximum Gasteiger partial charge on any atom is 0.306 e. The van der Waals surface area contributed by atoms with E-state index in [0.29, 0.717) is 12.2 Å². The molecule has 0 aliphatic rings. The Kier molecular flexibility index (Phi) is 5.95. The zero-order valence-electron chi connectivity index (χ0n) is 10.1. The number of carbonyl (C=O) groups excluding carboxylic acids is 2. The minimum absolute atomic E-state index is 0.0889. The Hall–Kier alpha value is -0.510. The molecule has 0 amide bonds. The highest BCUT2D eigenvalue weighted by Gasteiger charge is 2.18. The zero-order chi connectivity index (χ0) is 12.1. The molecule has 1 atom stereocenters. The molecule has 0 N–H and O–H groups in total. The average molecular weight is 232 g/mol. The van der Waals surface area contributed by atoms with E-state index >= 15 is 0 Å². The van der Waals surface area contributed by atoms with Gasteiger partial charge in [0.2, 0.25) is 0 Å². The Morgan fingerprint density at radius 1 is 1.33 bits per heavy atom. The van der Waals surface area contributed by atoms with Gasteiger partial charge in [0.1, 0.15) is 5.60 Å². The van der Waals surface area contributed by atoms with Crippen molar-refractivity contribution in [3.8, 4) is 0 Å². The molecular weight excluding hydrogens is 212 g/mol. The van der Waals surface area contributed by atoms with E-state index in [1.54, 1.807) is 0 Å². The lowest BCUT2D eigenvalue weighted by molar-refractivity contribution is -0.155. The van der Waals surface area contributed by atoms with E-state index in [4.69, 9.17) is 4.74 Å². The van der Waals surface area contributed by atoms with E-state index in [-0.39, 0.29) is 17.0 Å². The molecule has 0 bridgehead atoms. The molecule has 0 rings (SSSR count). The van der Waals surface area contributed by atoms with Gasteiger partial charge in [-0.25, -0.2) is 0 Å².